The maximum Gasteiger partial charge on any atom is 0.235 e. The van der Waals surface area contributed by atoms with Crippen molar-refractivity contribution in [2.45, 2.75) is 32.5 Å². The second kappa shape index (κ2) is 7.07. The zero-order valence-electron chi connectivity index (χ0n) is 14.5. The van der Waals surface area contributed by atoms with Crippen LogP contribution in [-0.4, -0.2) is 29.7 Å². The van der Waals surface area contributed by atoms with Gasteiger partial charge in [-0.25, -0.2) is 0 Å². The van der Waals surface area contributed by atoms with E-state index < -0.39 is 0 Å². The van der Waals surface area contributed by atoms with Gasteiger partial charge in [-0.3, -0.25) is 14.5 Å². The Kier molecular flexibility index (Phi) is 4.86. The lowest BCUT2D eigenvalue weighted by molar-refractivity contribution is -0.124. The van der Waals surface area contributed by atoms with Crippen molar-refractivity contribution < 1.29 is 14.3 Å². The first-order valence-corrected chi connectivity index (χ1v) is 8.27. The van der Waals surface area contributed by atoms with Crippen molar-refractivity contribution in [2.24, 2.45) is 5.73 Å². The number of Topliss-reactive ketones (excluding diaryl/α,β-unsaturated/α-hetero) is 1. The van der Waals surface area contributed by atoms with Gasteiger partial charge in [0.1, 0.15) is 5.75 Å². The first-order chi connectivity index (χ1) is 12.0. The summed E-state index contributed by atoms with van der Waals surface area (Å²) in [6.45, 7) is 2.67. The van der Waals surface area contributed by atoms with Crippen LogP contribution in [0.1, 0.15) is 34.0 Å². The van der Waals surface area contributed by atoms with E-state index in [1.54, 1.807) is 19.2 Å². The number of amides is 1. The summed E-state index contributed by atoms with van der Waals surface area (Å²) >= 11 is 0. The van der Waals surface area contributed by atoms with Crippen LogP contribution in [0.3, 0.4) is 0 Å². The van der Waals surface area contributed by atoms with E-state index in [4.69, 9.17) is 10.5 Å². The molecule has 3 rings (SSSR count). The largest absolute Gasteiger partial charge is 0.496 e. The predicted molar refractivity (Wildman–Crippen MR) is 95.4 cm³/mol. The molecule has 0 radical (unpaired) electrons. The molecule has 1 aliphatic heterocycles. The van der Waals surface area contributed by atoms with Crippen molar-refractivity contribution in [2.75, 3.05) is 7.11 Å². The number of fused-ring (bicyclic) bond motifs is 1. The molecule has 1 atom stereocenters. The topological polar surface area (TPSA) is 72.6 Å². The minimum Gasteiger partial charge on any atom is -0.496 e. The molecule has 0 fully saturated rings. The van der Waals surface area contributed by atoms with Crippen molar-refractivity contribution in [3.05, 3.63) is 64.7 Å². The molecule has 0 spiro atoms. The summed E-state index contributed by atoms with van der Waals surface area (Å²) < 4.78 is 5.43. The van der Waals surface area contributed by atoms with Crippen LogP contribution in [0.2, 0.25) is 0 Å². The van der Waals surface area contributed by atoms with Crippen molar-refractivity contribution in [3.8, 4) is 5.75 Å². The standard InChI is InChI=1S/C20H22N2O3/c1-13(23)14-7-8-19(25-2)17(9-14)12-22-11-16-6-4-3-5-15(16)10-18(22)20(21)24/h3-9,18H,10-12H2,1-2H3,(H2,21,24)/t18-/m1/s1. The van der Waals surface area contributed by atoms with Crippen molar-refractivity contribution in [3.63, 3.8) is 0 Å². The Morgan fingerprint density at radius 3 is 2.56 bits per heavy atom. The normalized spacial score (nSPS) is 17.0. The SMILES string of the molecule is COc1ccc(C(C)=O)cc1CN1Cc2ccccc2C[C@@H]1C(N)=O. The van der Waals surface area contributed by atoms with Crippen LogP contribution in [0.15, 0.2) is 42.5 Å². The van der Waals surface area contributed by atoms with Crippen molar-refractivity contribution in [1.29, 1.82) is 0 Å². The summed E-state index contributed by atoms with van der Waals surface area (Å²) in [7, 11) is 1.60. The third-order valence-electron chi connectivity index (χ3n) is 4.73. The maximum atomic E-state index is 12.0. The first kappa shape index (κ1) is 17.2. The molecule has 0 aromatic heterocycles. The molecule has 0 saturated heterocycles. The summed E-state index contributed by atoms with van der Waals surface area (Å²) in [4.78, 5) is 25.7. The highest BCUT2D eigenvalue weighted by Gasteiger charge is 2.30. The van der Waals surface area contributed by atoms with Gasteiger partial charge in [0, 0.05) is 24.2 Å². The highest BCUT2D eigenvalue weighted by atomic mass is 16.5. The Balaban J connectivity index is 1.94. The average Bonchev–Trinajstić information content (AvgIpc) is 2.60. The van der Waals surface area contributed by atoms with Gasteiger partial charge in [-0.1, -0.05) is 24.3 Å². The van der Waals surface area contributed by atoms with Crippen LogP contribution in [0, 0.1) is 0 Å². The number of ketones is 1. The first-order valence-electron chi connectivity index (χ1n) is 8.27. The van der Waals surface area contributed by atoms with Gasteiger partial charge < -0.3 is 10.5 Å². The van der Waals surface area contributed by atoms with Crippen LogP contribution in [0.4, 0.5) is 0 Å². The van der Waals surface area contributed by atoms with E-state index >= 15 is 0 Å². The van der Waals surface area contributed by atoms with Gasteiger partial charge >= 0.3 is 0 Å². The Bertz CT molecular complexity index is 816. The molecule has 1 heterocycles. The van der Waals surface area contributed by atoms with Crippen LogP contribution in [0.25, 0.3) is 0 Å². The average molecular weight is 338 g/mol. The van der Waals surface area contributed by atoms with E-state index in [9.17, 15) is 9.59 Å². The molecule has 1 amide bonds. The molecule has 1 aliphatic rings. The number of methoxy groups -OCH3 is 1. The van der Waals surface area contributed by atoms with Gasteiger partial charge in [-0.2, -0.15) is 0 Å². The fourth-order valence-corrected chi connectivity index (χ4v) is 3.36. The molecule has 5 heteroatoms. The van der Waals surface area contributed by atoms with E-state index in [1.807, 2.05) is 29.2 Å². The summed E-state index contributed by atoms with van der Waals surface area (Å²) in [5, 5.41) is 0. The van der Waals surface area contributed by atoms with E-state index in [0.717, 1.165) is 11.1 Å². The van der Waals surface area contributed by atoms with E-state index in [1.165, 1.54) is 12.5 Å². The highest BCUT2D eigenvalue weighted by molar-refractivity contribution is 5.94. The third-order valence-corrected chi connectivity index (χ3v) is 4.73. The summed E-state index contributed by atoms with van der Waals surface area (Å²) in [5.41, 5.74) is 9.51. The molecule has 2 aromatic carbocycles. The Morgan fingerprint density at radius 1 is 1.20 bits per heavy atom. The lowest BCUT2D eigenvalue weighted by atomic mass is 9.93. The molecular formula is C20H22N2O3. The van der Waals surface area contributed by atoms with Crippen molar-refractivity contribution in [1.82, 2.24) is 4.90 Å². The lowest BCUT2D eigenvalue weighted by Gasteiger charge is -2.35. The number of carbonyl (C=O) groups excluding carboxylic acids is 2. The lowest BCUT2D eigenvalue weighted by Crippen LogP contribution is -2.48. The highest BCUT2D eigenvalue weighted by Crippen LogP contribution is 2.28. The number of nitrogens with zero attached hydrogens (tertiary/aromatic N) is 1. The van der Waals surface area contributed by atoms with Crippen LogP contribution >= 0.6 is 0 Å². The van der Waals surface area contributed by atoms with Gasteiger partial charge in [0.05, 0.1) is 13.2 Å². The molecule has 0 bridgehead atoms. The van der Waals surface area contributed by atoms with E-state index in [-0.39, 0.29) is 17.7 Å². The number of hydrogen-bond donors (Lipinski definition) is 1. The maximum absolute atomic E-state index is 12.0. The van der Waals surface area contributed by atoms with Gasteiger partial charge in [-0.05, 0) is 42.7 Å². The minimum absolute atomic E-state index is 0.000607. The molecular weight excluding hydrogens is 316 g/mol. The summed E-state index contributed by atoms with van der Waals surface area (Å²) in [5.74, 6) is 0.364. The Hall–Kier alpha value is -2.66. The van der Waals surface area contributed by atoms with Crippen LogP contribution < -0.4 is 10.5 Å². The van der Waals surface area contributed by atoms with Gasteiger partial charge in [0.25, 0.3) is 0 Å². The molecule has 5 nitrogen and oxygen atoms in total. The van der Waals surface area contributed by atoms with Crippen LogP contribution in [0.5, 0.6) is 5.75 Å². The molecule has 0 unspecified atom stereocenters. The predicted octanol–water partition coefficient (Wildman–Crippen LogP) is 2.31. The molecule has 130 valence electrons. The zero-order chi connectivity index (χ0) is 18.0. The molecule has 25 heavy (non-hydrogen) atoms. The fraction of sp³-hybridized carbons (Fsp3) is 0.300. The number of ether oxygens (including phenoxy) is 1. The Labute approximate surface area is 147 Å². The van der Waals surface area contributed by atoms with Crippen molar-refractivity contribution >= 4 is 11.7 Å². The number of hydrogen-bond acceptors (Lipinski definition) is 4. The summed E-state index contributed by atoms with van der Waals surface area (Å²) in [6, 6.07) is 13.1. The van der Waals surface area contributed by atoms with Gasteiger partial charge in [0.2, 0.25) is 5.91 Å². The van der Waals surface area contributed by atoms with E-state index in [0.29, 0.717) is 30.8 Å². The zero-order valence-corrected chi connectivity index (χ0v) is 14.5. The second-order valence-electron chi connectivity index (χ2n) is 6.38. The number of carbonyl (C=O) groups is 2. The van der Waals surface area contributed by atoms with Gasteiger partial charge in [0.15, 0.2) is 5.78 Å². The van der Waals surface area contributed by atoms with E-state index in [2.05, 4.69) is 6.07 Å². The van der Waals surface area contributed by atoms with Crippen LogP contribution in [-0.2, 0) is 24.3 Å². The van der Waals surface area contributed by atoms with Gasteiger partial charge in [-0.15, -0.1) is 0 Å². The number of benzene rings is 2. The minimum atomic E-state index is -0.374. The Morgan fingerprint density at radius 2 is 1.92 bits per heavy atom. The molecule has 0 aliphatic carbocycles. The number of primary amides is 1. The molecule has 0 saturated carbocycles. The monoisotopic (exact) mass is 338 g/mol. The molecule has 2 N–H and O–H groups in total. The summed E-state index contributed by atoms with van der Waals surface area (Å²) in [6.07, 6.45) is 0.597. The number of nitrogens with two attached hydrogens (primary N) is 1. The fourth-order valence-electron chi connectivity index (χ4n) is 3.36. The number of rotatable bonds is 5. The third kappa shape index (κ3) is 3.56. The quantitative estimate of drug-likeness (QED) is 0.849. The molecule has 2 aromatic rings. The smallest absolute Gasteiger partial charge is 0.235 e. The second-order valence-corrected chi connectivity index (χ2v) is 6.38.